The number of carbonyl (C=O) groups is 1. The van der Waals surface area contributed by atoms with E-state index in [-0.39, 0.29) is 6.54 Å². The summed E-state index contributed by atoms with van der Waals surface area (Å²) in [4.78, 5) is 11.6. The van der Waals surface area contributed by atoms with Gasteiger partial charge in [0, 0.05) is 6.54 Å². The quantitative estimate of drug-likeness (QED) is 0.818. The Bertz CT molecular complexity index is 426. The van der Waals surface area contributed by atoms with Crippen LogP contribution >= 0.6 is 0 Å². The molecule has 2 rings (SSSR count). The highest BCUT2D eigenvalue weighted by Crippen LogP contribution is 2.42. The Hall–Kier alpha value is -1.35. The zero-order valence-corrected chi connectivity index (χ0v) is 10.1. The second-order valence-corrected chi connectivity index (χ2v) is 5.11. The first-order chi connectivity index (χ1) is 8.08. The molecule has 0 heterocycles. The lowest BCUT2D eigenvalue weighted by atomic mass is 9.75. The maximum Gasteiger partial charge on any atom is 0.315 e. The smallest absolute Gasteiger partial charge is 0.315 e. The first-order valence-electron chi connectivity index (χ1n) is 6.09. The van der Waals surface area contributed by atoms with E-state index in [2.05, 4.69) is 0 Å². The van der Waals surface area contributed by atoms with E-state index >= 15 is 0 Å². The molecule has 1 saturated carbocycles. The first kappa shape index (κ1) is 12.1. The summed E-state index contributed by atoms with van der Waals surface area (Å²) in [6.07, 6.45) is 2.95. The number of carboxylic acid groups (broad SMARTS) is 1. The molecular weight excluding hydrogens is 214 g/mol. The van der Waals surface area contributed by atoms with Crippen LogP contribution in [0.3, 0.4) is 0 Å². The Morgan fingerprint density at radius 1 is 1.53 bits per heavy atom. The zero-order chi connectivity index (χ0) is 12.5. The average Bonchev–Trinajstić information content (AvgIpc) is 3.09. The molecule has 0 radical (unpaired) electrons. The van der Waals surface area contributed by atoms with E-state index in [0.29, 0.717) is 12.3 Å². The predicted molar refractivity (Wildman–Crippen MR) is 66.9 cm³/mol. The molecule has 1 atom stereocenters. The van der Waals surface area contributed by atoms with Crippen molar-refractivity contribution in [3.63, 3.8) is 0 Å². The highest BCUT2D eigenvalue weighted by atomic mass is 16.4. The summed E-state index contributed by atoms with van der Waals surface area (Å²) in [6.45, 7) is 2.14. The Morgan fingerprint density at radius 2 is 2.24 bits per heavy atom. The lowest BCUT2D eigenvalue weighted by Gasteiger charge is -2.29. The molecular formula is C14H19NO2. The van der Waals surface area contributed by atoms with Crippen molar-refractivity contribution in [1.82, 2.24) is 0 Å². The van der Waals surface area contributed by atoms with Crippen LogP contribution in [0.2, 0.25) is 0 Å². The van der Waals surface area contributed by atoms with Gasteiger partial charge in [-0.3, -0.25) is 4.79 Å². The van der Waals surface area contributed by atoms with Gasteiger partial charge in [0.05, 0.1) is 0 Å². The summed E-state index contributed by atoms with van der Waals surface area (Å²) < 4.78 is 0. The van der Waals surface area contributed by atoms with E-state index in [4.69, 9.17) is 5.73 Å². The molecule has 3 N–H and O–H groups in total. The Balaban J connectivity index is 2.39. The van der Waals surface area contributed by atoms with Crippen LogP contribution < -0.4 is 5.73 Å². The summed E-state index contributed by atoms with van der Waals surface area (Å²) in [7, 11) is 0. The number of hydrogen-bond donors (Lipinski definition) is 2. The normalized spacial score (nSPS) is 18.7. The molecule has 0 amide bonds. The second-order valence-electron chi connectivity index (χ2n) is 5.11. The minimum Gasteiger partial charge on any atom is -0.481 e. The summed E-state index contributed by atoms with van der Waals surface area (Å²) in [5.41, 5.74) is 6.82. The molecule has 17 heavy (non-hydrogen) atoms. The van der Waals surface area contributed by atoms with Gasteiger partial charge in [-0.2, -0.15) is 0 Å². The third-order valence-corrected chi connectivity index (χ3v) is 3.66. The fourth-order valence-electron chi connectivity index (χ4n) is 2.37. The number of aliphatic carboxylic acids is 1. The highest BCUT2D eigenvalue weighted by molar-refractivity contribution is 5.82. The molecule has 0 aromatic heterocycles. The van der Waals surface area contributed by atoms with Gasteiger partial charge in [0.25, 0.3) is 0 Å². The van der Waals surface area contributed by atoms with Crippen molar-refractivity contribution in [3.05, 3.63) is 35.4 Å². The molecule has 1 aromatic rings. The van der Waals surface area contributed by atoms with Gasteiger partial charge in [-0.1, -0.05) is 42.7 Å². The number of aryl methyl sites for hydroxylation is 1. The van der Waals surface area contributed by atoms with E-state index in [1.165, 1.54) is 0 Å². The van der Waals surface area contributed by atoms with E-state index in [1.54, 1.807) is 0 Å². The molecule has 1 aliphatic rings. The van der Waals surface area contributed by atoms with Gasteiger partial charge in [-0.05, 0) is 24.8 Å². The van der Waals surface area contributed by atoms with Gasteiger partial charge in [-0.25, -0.2) is 0 Å². The number of rotatable bonds is 5. The molecule has 3 nitrogen and oxygen atoms in total. The fourth-order valence-corrected chi connectivity index (χ4v) is 2.37. The third kappa shape index (κ3) is 2.34. The minimum absolute atomic E-state index is 0.169. The van der Waals surface area contributed by atoms with Crippen molar-refractivity contribution in [1.29, 1.82) is 0 Å². The molecule has 1 aliphatic carbocycles. The number of carboxylic acids is 1. The van der Waals surface area contributed by atoms with E-state index < -0.39 is 11.4 Å². The van der Waals surface area contributed by atoms with Gasteiger partial charge in [0.15, 0.2) is 0 Å². The van der Waals surface area contributed by atoms with Crippen molar-refractivity contribution in [2.24, 2.45) is 11.7 Å². The van der Waals surface area contributed by atoms with E-state index in [0.717, 1.165) is 24.0 Å². The van der Waals surface area contributed by atoms with Crippen LogP contribution in [-0.2, 0) is 10.2 Å². The molecule has 0 saturated heterocycles. The maximum absolute atomic E-state index is 11.6. The lowest BCUT2D eigenvalue weighted by Crippen LogP contribution is -2.43. The van der Waals surface area contributed by atoms with Gasteiger partial charge in [0.1, 0.15) is 5.41 Å². The van der Waals surface area contributed by atoms with Crippen LogP contribution in [0.1, 0.15) is 30.4 Å². The Kier molecular flexibility index (Phi) is 3.20. The van der Waals surface area contributed by atoms with Gasteiger partial charge < -0.3 is 10.8 Å². The van der Waals surface area contributed by atoms with Gasteiger partial charge in [0.2, 0.25) is 0 Å². The van der Waals surface area contributed by atoms with Crippen LogP contribution in [0.25, 0.3) is 0 Å². The van der Waals surface area contributed by atoms with Crippen LogP contribution in [0.4, 0.5) is 0 Å². The predicted octanol–water partition coefficient (Wildman–Crippen LogP) is 2.08. The van der Waals surface area contributed by atoms with Crippen LogP contribution in [0.15, 0.2) is 24.3 Å². The summed E-state index contributed by atoms with van der Waals surface area (Å²) in [6, 6.07) is 7.72. The van der Waals surface area contributed by atoms with E-state index in [1.807, 2.05) is 31.2 Å². The third-order valence-electron chi connectivity index (χ3n) is 3.66. The van der Waals surface area contributed by atoms with Gasteiger partial charge >= 0.3 is 5.97 Å². The van der Waals surface area contributed by atoms with Crippen LogP contribution in [0.5, 0.6) is 0 Å². The Labute approximate surface area is 102 Å². The summed E-state index contributed by atoms with van der Waals surface area (Å²) in [5.74, 6) is -0.257. The van der Waals surface area contributed by atoms with Crippen molar-refractivity contribution in [3.8, 4) is 0 Å². The molecule has 92 valence electrons. The molecule has 0 aliphatic heterocycles. The second kappa shape index (κ2) is 4.49. The SMILES string of the molecule is Cc1cccc(C(CN)(CC2CC2)C(=O)O)c1. The molecule has 0 bridgehead atoms. The molecule has 3 heteroatoms. The lowest BCUT2D eigenvalue weighted by molar-refractivity contribution is -0.144. The first-order valence-corrected chi connectivity index (χ1v) is 6.09. The minimum atomic E-state index is -0.896. The largest absolute Gasteiger partial charge is 0.481 e. The number of benzene rings is 1. The van der Waals surface area contributed by atoms with Crippen LogP contribution in [0, 0.1) is 12.8 Å². The zero-order valence-electron chi connectivity index (χ0n) is 10.1. The van der Waals surface area contributed by atoms with E-state index in [9.17, 15) is 9.90 Å². The molecule has 1 unspecified atom stereocenters. The fraction of sp³-hybridized carbons (Fsp3) is 0.500. The number of nitrogens with two attached hydrogens (primary N) is 1. The van der Waals surface area contributed by atoms with Gasteiger partial charge in [-0.15, -0.1) is 0 Å². The van der Waals surface area contributed by atoms with Crippen molar-refractivity contribution < 1.29 is 9.90 Å². The average molecular weight is 233 g/mol. The topological polar surface area (TPSA) is 63.3 Å². The summed E-state index contributed by atoms with van der Waals surface area (Å²) >= 11 is 0. The maximum atomic E-state index is 11.6. The Morgan fingerprint density at radius 3 is 2.71 bits per heavy atom. The van der Waals surface area contributed by atoms with Crippen molar-refractivity contribution in [2.45, 2.75) is 31.6 Å². The molecule has 0 spiro atoms. The van der Waals surface area contributed by atoms with Crippen molar-refractivity contribution >= 4 is 5.97 Å². The van der Waals surface area contributed by atoms with Crippen LogP contribution in [-0.4, -0.2) is 17.6 Å². The van der Waals surface area contributed by atoms with Crippen molar-refractivity contribution in [2.75, 3.05) is 6.54 Å². The number of hydrogen-bond acceptors (Lipinski definition) is 2. The standard InChI is InChI=1S/C14H19NO2/c1-10-3-2-4-12(7-10)14(9-15,13(16)17)8-11-5-6-11/h2-4,7,11H,5-6,8-9,15H2,1H3,(H,16,17). The highest BCUT2D eigenvalue weighted by Gasteiger charge is 2.43. The monoisotopic (exact) mass is 233 g/mol. The molecule has 1 aromatic carbocycles. The summed E-state index contributed by atoms with van der Waals surface area (Å²) in [5, 5.41) is 9.56. The molecule has 1 fully saturated rings.